The molecule has 0 heterocycles. The van der Waals surface area contributed by atoms with E-state index in [2.05, 4.69) is 37.2 Å². The van der Waals surface area contributed by atoms with Crippen molar-refractivity contribution in [3.05, 3.63) is 62.5 Å². The van der Waals surface area contributed by atoms with Gasteiger partial charge in [-0.2, -0.15) is 0 Å². The van der Waals surface area contributed by atoms with Gasteiger partial charge in [0.2, 0.25) is 0 Å². The Bertz CT molecular complexity index is 743. The summed E-state index contributed by atoms with van der Waals surface area (Å²) in [6, 6.07) is 12.9. The lowest BCUT2D eigenvalue weighted by atomic mass is 9.99. The van der Waals surface area contributed by atoms with Gasteiger partial charge >= 0.3 is 0 Å². The first-order valence-corrected chi connectivity index (χ1v) is 9.73. The Morgan fingerprint density at radius 1 is 1.05 bits per heavy atom. The summed E-state index contributed by atoms with van der Waals surface area (Å²) in [5.41, 5.74) is 2.09. The molecule has 0 aliphatic rings. The van der Waals surface area contributed by atoms with Crippen LogP contribution in [0.2, 0.25) is 0 Å². The summed E-state index contributed by atoms with van der Waals surface area (Å²) in [5, 5.41) is 3.26. The van der Waals surface area contributed by atoms with Gasteiger partial charge in [-0.25, -0.2) is 8.42 Å². The molecule has 0 aliphatic carbocycles. The average Bonchev–Trinajstić information content (AvgIpc) is 2.43. The van der Waals surface area contributed by atoms with Crippen LogP contribution in [0.4, 0.5) is 0 Å². The van der Waals surface area contributed by atoms with Gasteiger partial charge in [-0.15, -0.1) is 0 Å². The van der Waals surface area contributed by atoms with Gasteiger partial charge in [0, 0.05) is 15.2 Å². The minimum absolute atomic E-state index is 0.0227. The normalized spacial score (nSPS) is 13.1. The van der Waals surface area contributed by atoms with Gasteiger partial charge in [-0.05, 0) is 48.5 Å². The summed E-state index contributed by atoms with van der Waals surface area (Å²) in [4.78, 5) is 0.328. The van der Waals surface area contributed by atoms with Gasteiger partial charge in [0.25, 0.3) is 0 Å². The van der Waals surface area contributed by atoms with Gasteiger partial charge in [-0.1, -0.05) is 44.0 Å². The van der Waals surface area contributed by atoms with Gasteiger partial charge < -0.3 is 5.32 Å². The molecule has 0 amide bonds. The zero-order chi connectivity index (χ0) is 15.6. The molecule has 21 heavy (non-hydrogen) atoms. The molecule has 2 aromatic carbocycles. The monoisotopic (exact) mass is 431 g/mol. The third-order valence-electron chi connectivity index (χ3n) is 3.20. The fraction of sp³-hybridized carbons (Fsp3) is 0.200. The maximum Gasteiger partial charge on any atom is 0.175 e. The molecule has 0 saturated heterocycles. The second kappa shape index (κ2) is 6.60. The average molecular weight is 433 g/mol. The molecule has 1 N–H and O–H groups in total. The molecule has 0 aliphatic heterocycles. The van der Waals surface area contributed by atoms with E-state index in [9.17, 15) is 8.42 Å². The summed E-state index contributed by atoms with van der Waals surface area (Å²) in [5.74, 6) is 0. The highest BCUT2D eigenvalue weighted by Gasteiger charge is 2.16. The molecule has 2 aromatic rings. The van der Waals surface area contributed by atoms with E-state index >= 15 is 0 Å². The van der Waals surface area contributed by atoms with Crippen LogP contribution in [0, 0.1) is 0 Å². The quantitative estimate of drug-likeness (QED) is 0.796. The molecule has 0 radical (unpaired) electrons. The van der Waals surface area contributed by atoms with E-state index in [0.717, 1.165) is 20.1 Å². The van der Waals surface area contributed by atoms with E-state index in [1.807, 2.05) is 37.4 Å². The van der Waals surface area contributed by atoms with Crippen LogP contribution in [0.15, 0.2) is 56.3 Å². The van der Waals surface area contributed by atoms with E-state index in [1.165, 1.54) is 6.26 Å². The van der Waals surface area contributed by atoms with Crippen molar-refractivity contribution in [2.45, 2.75) is 10.9 Å². The molecule has 3 nitrogen and oxygen atoms in total. The molecule has 0 aromatic heterocycles. The zero-order valence-electron chi connectivity index (χ0n) is 11.6. The first kappa shape index (κ1) is 16.7. The maximum atomic E-state index is 11.5. The largest absolute Gasteiger partial charge is 0.309 e. The summed E-state index contributed by atoms with van der Waals surface area (Å²) in [6.45, 7) is 0. The summed E-state index contributed by atoms with van der Waals surface area (Å²) >= 11 is 7.03. The van der Waals surface area contributed by atoms with Crippen molar-refractivity contribution in [2.75, 3.05) is 13.3 Å². The van der Waals surface area contributed by atoms with E-state index in [1.54, 1.807) is 12.1 Å². The van der Waals surface area contributed by atoms with Gasteiger partial charge in [0.05, 0.1) is 10.9 Å². The van der Waals surface area contributed by atoms with Crippen LogP contribution in [0.3, 0.4) is 0 Å². The molecule has 0 spiro atoms. The maximum absolute atomic E-state index is 11.5. The topological polar surface area (TPSA) is 46.2 Å². The van der Waals surface area contributed by atoms with E-state index in [-0.39, 0.29) is 6.04 Å². The number of hydrogen-bond donors (Lipinski definition) is 1. The molecular formula is C15H15Br2NO2S. The lowest BCUT2D eigenvalue weighted by Gasteiger charge is -2.19. The van der Waals surface area contributed by atoms with E-state index in [4.69, 9.17) is 0 Å². The van der Waals surface area contributed by atoms with Crippen LogP contribution in [0.5, 0.6) is 0 Å². The molecular weight excluding hydrogens is 418 g/mol. The van der Waals surface area contributed by atoms with Crippen LogP contribution >= 0.6 is 31.9 Å². The Morgan fingerprint density at radius 3 is 2.19 bits per heavy atom. The number of rotatable bonds is 4. The zero-order valence-corrected chi connectivity index (χ0v) is 15.6. The number of sulfone groups is 1. The van der Waals surface area contributed by atoms with Crippen molar-refractivity contribution < 1.29 is 8.42 Å². The molecule has 6 heteroatoms. The first-order valence-electron chi connectivity index (χ1n) is 6.25. The predicted molar refractivity (Wildman–Crippen MR) is 92.3 cm³/mol. The Kier molecular flexibility index (Phi) is 5.24. The molecule has 2 rings (SSSR count). The second-order valence-electron chi connectivity index (χ2n) is 4.73. The van der Waals surface area contributed by atoms with Crippen LogP contribution in [-0.2, 0) is 9.84 Å². The van der Waals surface area contributed by atoms with E-state index < -0.39 is 9.84 Å². The summed E-state index contributed by atoms with van der Waals surface area (Å²) in [7, 11) is -1.29. The van der Waals surface area contributed by atoms with Crippen molar-refractivity contribution in [3.8, 4) is 0 Å². The van der Waals surface area contributed by atoms with Crippen LogP contribution in [0.25, 0.3) is 0 Å². The lowest BCUT2D eigenvalue weighted by molar-refractivity contribution is 0.601. The van der Waals surface area contributed by atoms with Crippen molar-refractivity contribution in [2.24, 2.45) is 0 Å². The number of nitrogens with one attached hydrogen (secondary N) is 1. The minimum Gasteiger partial charge on any atom is -0.309 e. The lowest BCUT2D eigenvalue weighted by Crippen LogP contribution is -2.18. The third kappa shape index (κ3) is 3.94. The highest BCUT2D eigenvalue weighted by Crippen LogP contribution is 2.31. The Balaban J connectivity index is 2.44. The molecule has 112 valence electrons. The molecule has 0 fully saturated rings. The number of hydrogen-bond acceptors (Lipinski definition) is 3. The number of halogens is 2. The third-order valence-corrected chi connectivity index (χ3v) is 5.54. The second-order valence-corrected chi connectivity index (χ2v) is 8.51. The summed E-state index contributed by atoms with van der Waals surface area (Å²) < 4.78 is 25.0. The SMILES string of the molecule is CNC(c1ccc(S(C)(=O)=O)cc1)c1cc(Br)ccc1Br. The number of benzene rings is 2. The Morgan fingerprint density at radius 2 is 1.67 bits per heavy atom. The molecule has 0 bridgehead atoms. The standard InChI is InChI=1S/C15H15Br2NO2S/c1-18-15(13-9-11(16)5-8-14(13)17)10-3-6-12(7-4-10)21(2,19)20/h3-9,15,18H,1-2H3. The van der Waals surface area contributed by atoms with Crippen molar-refractivity contribution in [1.29, 1.82) is 0 Å². The van der Waals surface area contributed by atoms with Crippen LogP contribution in [0.1, 0.15) is 17.2 Å². The van der Waals surface area contributed by atoms with Crippen molar-refractivity contribution in [3.63, 3.8) is 0 Å². The smallest absolute Gasteiger partial charge is 0.175 e. The predicted octanol–water partition coefficient (Wildman–Crippen LogP) is 3.92. The van der Waals surface area contributed by atoms with Crippen LogP contribution < -0.4 is 5.32 Å². The fourth-order valence-corrected chi connectivity index (χ4v) is 3.63. The molecule has 1 unspecified atom stereocenters. The molecule has 1 atom stereocenters. The Hall–Kier alpha value is -0.690. The van der Waals surface area contributed by atoms with Gasteiger partial charge in [-0.3, -0.25) is 0 Å². The van der Waals surface area contributed by atoms with Crippen molar-refractivity contribution in [1.82, 2.24) is 5.32 Å². The summed E-state index contributed by atoms with van der Waals surface area (Å²) in [6.07, 6.45) is 1.21. The van der Waals surface area contributed by atoms with E-state index in [0.29, 0.717) is 4.90 Å². The van der Waals surface area contributed by atoms with Gasteiger partial charge in [0.15, 0.2) is 9.84 Å². The van der Waals surface area contributed by atoms with Crippen molar-refractivity contribution >= 4 is 41.7 Å². The highest BCUT2D eigenvalue weighted by atomic mass is 79.9. The first-order chi connectivity index (χ1) is 9.82. The van der Waals surface area contributed by atoms with Gasteiger partial charge in [0.1, 0.15) is 0 Å². The highest BCUT2D eigenvalue weighted by molar-refractivity contribution is 9.11. The minimum atomic E-state index is -3.17. The fourth-order valence-electron chi connectivity index (χ4n) is 2.15. The molecule has 0 saturated carbocycles. The van der Waals surface area contributed by atoms with Crippen LogP contribution in [-0.4, -0.2) is 21.7 Å². The Labute approximate surface area is 141 Å².